The van der Waals surface area contributed by atoms with E-state index in [0.717, 1.165) is 19.7 Å². The predicted molar refractivity (Wildman–Crippen MR) is 29.9 cm³/mol. The Morgan fingerprint density at radius 3 is 3.00 bits per heavy atom. The van der Waals surface area contributed by atoms with E-state index in [-0.39, 0.29) is 6.23 Å². The predicted octanol–water partition coefficient (Wildman–Crippen LogP) is -1.60. The Morgan fingerprint density at radius 2 is 2.62 bits per heavy atom. The lowest BCUT2D eigenvalue weighted by Gasteiger charge is -2.22. The quantitative estimate of drug-likeness (QED) is 0.286. The highest BCUT2D eigenvalue weighted by Crippen LogP contribution is 1.87. The molecule has 0 aliphatic carbocycles. The fourth-order valence-corrected chi connectivity index (χ4v) is 0.672. The molecule has 0 saturated carbocycles. The number of hydrogen-bond donors (Lipinski definition) is 3. The van der Waals surface area contributed by atoms with Gasteiger partial charge in [-0.3, -0.25) is 5.84 Å². The maximum absolute atomic E-state index is 5.13. The number of nitrogens with two attached hydrogens (primary N) is 1. The first-order valence-corrected chi connectivity index (χ1v) is 2.72. The molecule has 4 N–H and O–H groups in total. The Bertz CT molecular complexity index is 62.3. The van der Waals surface area contributed by atoms with Gasteiger partial charge < -0.3 is 10.1 Å². The van der Waals surface area contributed by atoms with Gasteiger partial charge in [-0.15, -0.1) is 0 Å². The molecular formula is C4H11N3O. The third-order valence-electron chi connectivity index (χ3n) is 1.11. The SMILES string of the molecule is NNC1CNCCO1. The average molecular weight is 117 g/mol. The molecule has 1 rings (SSSR count). The van der Waals surface area contributed by atoms with Gasteiger partial charge in [0, 0.05) is 13.1 Å². The lowest BCUT2D eigenvalue weighted by molar-refractivity contribution is 0.00711. The van der Waals surface area contributed by atoms with Crippen LogP contribution in [-0.2, 0) is 4.74 Å². The number of nitrogens with one attached hydrogen (secondary N) is 2. The molecule has 0 aromatic heterocycles. The lowest BCUT2D eigenvalue weighted by atomic mass is 10.5. The van der Waals surface area contributed by atoms with E-state index in [2.05, 4.69) is 10.7 Å². The van der Waals surface area contributed by atoms with E-state index in [0.29, 0.717) is 0 Å². The first kappa shape index (κ1) is 5.97. The average Bonchev–Trinajstić information content (AvgIpc) is 1.90. The molecule has 0 bridgehead atoms. The van der Waals surface area contributed by atoms with E-state index in [9.17, 15) is 0 Å². The molecule has 1 saturated heterocycles. The highest BCUT2D eigenvalue weighted by atomic mass is 16.5. The molecule has 8 heavy (non-hydrogen) atoms. The number of ether oxygens (including phenoxy) is 1. The Morgan fingerprint density at radius 1 is 1.75 bits per heavy atom. The summed E-state index contributed by atoms with van der Waals surface area (Å²) in [6.45, 7) is 2.48. The standard InChI is InChI=1S/C4H11N3O/c5-7-4-3-6-1-2-8-4/h4,6-7H,1-3,5H2. The summed E-state index contributed by atoms with van der Waals surface area (Å²) in [6, 6.07) is 0. The van der Waals surface area contributed by atoms with Crippen molar-refractivity contribution in [1.29, 1.82) is 0 Å². The van der Waals surface area contributed by atoms with Crippen LogP contribution >= 0.6 is 0 Å². The van der Waals surface area contributed by atoms with Crippen LogP contribution in [0.4, 0.5) is 0 Å². The van der Waals surface area contributed by atoms with Crippen LogP contribution in [0.3, 0.4) is 0 Å². The maximum atomic E-state index is 5.13. The summed E-state index contributed by atoms with van der Waals surface area (Å²) >= 11 is 0. The van der Waals surface area contributed by atoms with Crippen molar-refractivity contribution in [3.63, 3.8) is 0 Å². The van der Waals surface area contributed by atoms with Crippen molar-refractivity contribution in [2.45, 2.75) is 6.23 Å². The number of hydrazine groups is 1. The van der Waals surface area contributed by atoms with Crippen LogP contribution < -0.4 is 16.6 Å². The van der Waals surface area contributed by atoms with Gasteiger partial charge in [-0.25, -0.2) is 5.43 Å². The second-order valence-electron chi connectivity index (χ2n) is 1.73. The molecule has 0 aromatic carbocycles. The fourth-order valence-electron chi connectivity index (χ4n) is 0.672. The van der Waals surface area contributed by atoms with Gasteiger partial charge in [-0.05, 0) is 0 Å². The van der Waals surface area contributed by atoms with E-state index >= 15 is 0 Å². The molecule has 1 aliphatic heterocycles. The summed E-state index contributed by atoms with van der Waals surface area (Å²) < 4.78 is 5.13. The highest BCUT2D eigenvalue weighted by molar-refractivity contribution is 4.60. The van der Waals surface area contributed by atoms with Gasteiger partial charge in [0.1, 0.15) is 6.23 Å². The third-order valence-corrected chi connectivity index (χ3v) is 1.11. The molecule has 1 heterocycles. The first-order valence-electron chi connectivity index (χ1n) is 2.72. The van der Waals surface area contributed by atoms with Gasteiger partial charge in [-0.1, -0.05) is 0 Å². The molecule has 1 aliphatic rings. The van der Waals surface area contributed by atoms with Crippen molar-refractivity contribution in [2.75, 3.05) is 19.7 Å². The van der Waals surface area contributed by atoms with Crippen LogP contribution in [0.1, 0.15) is 0 Å². The van der Waals surface area contributed by atoms with Gasteiger partial charge in [-0.2, -0.15) is 0 Å². The Kier molecular flexibility index (Phi) is 2.23. The Hall–Kier alpha value is -0.160. The van der Waals surface area contributed by atoms with E-state index in [4.69, 9.17) is 10.6 Å². The summed E-state index contributed by atoms with van der Waals surface area (Å²) in [7, 11) is 0. The summed E-state index contributed by atoms with van der Waals surface area (Å²) in [4.78, 5) is 0. The summed E-state index contributed by atoms with van der Waals surface area (Å²) in [6.07, 6.45) is 0.00347. The van der Waals surface area contributed by atoms with E-state index in [1.165, 1.54) is 0 Å². The normalized spacial score (nSPS) is 30.4. The van der Waals surface area contributed by atoms with Crippen LogP contribution in [-0.4, -0.2) is 25.9 Å². The third kappa shape index (κ3) is 1.41. The Labute approximate surface area is 48.4 Å². The van der Waals surface area contributed by atoms with Crippen molar-refractivity contribution in [3.8, 4) is 0 Å². The van der Waals surface area contributed by atoms with E-state index in [1.807, 2.05) is 0 Å². The van der Waals surface area contributed by atoms with Crippen molar-refractivity contribution in [2.24, 2.45) is 5.84 Å². The number of rotatable bonds is 1. The minimum Gasteiger partial charge on any atom is -0.359 e. The smallest absolute Gasteiger partial charge is 0.132 e. The van der Waals surface area contributed by atoms with Crippen LogP contribution in [0.15, 0.2) is 0 Å². The molecular weight excluding hydrogens is 106 g/mol. The van der Waals surface area contributed by atoms with Crippen molar-refractivity contribution in [3.05, 3.63) is 0 Å². The minimum absolute atomic E-state index is 0.00347. The molecule has 0 aromatic rings. The molecule has 1 unspecified atom stereocenters. The van der Waals surface area contributed by atoms with Gasteiger partial charge in [0.05, 0.1) is 6.61 Å². The second-order valence-corrected chi connectivity index (χ2v) is 1.73. The summed E-state index contributed by atoms with van der Waals surface area (Å²) in [5.41, 5.74) is 2.52. The zero-order chi connectivity index (χ0) is 5.82. The topological polar surface area (TPSA) is 59.3 Å². The van der Waals surface area contributed by atoms with E-state index < -0.39 is 0 Å². The largest absolute Gasteiger partial charge is 0.359 e. The van der Waals surface area contributed by atoms with Crippen molar-refractivity contribution >= 4 is 0 Å². The molecule has 0 radical (unpaired) electrons. The fraction of sp³-hybridized carbons (Fsp3) is 1.00. The van der Waals surface area contributed by atoms with Gasteiger partial charge in [0.15, 0.2) is 0 Å². The minimum atomic E-state index is 0.00347. The van der Waals surface area contributed by atoms with E-state index in [1.54, 1.807) is 0 Å². The zero-order valence-electron chi connectivity index (χ0n) is 4.68. The van der Waals surface area contributed by atoms with Gasteiger partial charge in [0.2, 0.25) is 0 Å². The van der Waals surface area contributed by atoms with Crippen LogP contribution in [0.5, 0.6) is 0 Å². The van der Waals surface area contributed by atoms with Crippen LogP contribution in [0.2, 0.25) is 0 Å². The molecule has 1 fully saturated rings. The monoisotopic (exact) mass is 117 g/mol. The lowest BCUT2D eigenvalue weighted by Crippen LogP contribution is -2.49. The maximum Gasteiger partial charge on any atom is 0.132 e. The van der Waals surface area contributed by atoms with Gasteiger partial charge in [0.25, 0.3) is 0 Å². The van der Waals surface area contributed by atoms with Crippen molar-refractivity contribution < 1.29 is 4.74 Å². The van der Waals surface area contributed by atoms with Crippen LogP contribution in [0.25, 0.3) is 0 Å². The molecule has 0 amide bonds. The van der Waals surface area contributed by atoms with Crippen LogP contribution in [0, 0.1) is 0 Å². The zero-order valence-corrected chi connectivity index (χ0v) is 4.68. The molecule has 0 spiro atoms. The molecule has 48 valence electrons. The first-order chi connectivity index (χ1) is 3.93. The molecule has 4 heteroatoms. The molecule has 1 atom stereocenters. The Balaban J connectivity index is 2.13. The number of hydrogen-bond acceptors (Lipinski definition) is 4. The number of morpholine rings is 1. The summed E-state index contributed by atoms with van der Waals surface area (Å²) in [5, 5.41) is 3.12. The summed E-state index contributed by atoms with van der Waals surface area (Å²) in [5.74, 6) is 5.09. The second kappa shape index (κ2) is 2.99. The van der Waals surface area contributed by atoms with Crippen molar-refractivity contribution in [1.82, 2.24) is 10.7 Å². The molecule has 4 nitrogen and oxygen atoms in total. The highest BCUT2D eigenvalue weighted by Gasteiger charge is 2.08. The van der Waals surface area contributed by atoms with Gasteiger partial charge >= 0.3 is 0 Å².